The first-order chi connectivity index (χ1) is 8.15. The van der Waals surface area contributed by atoms with Gasteiger partial charge in [-0.2, -0.15) is 11.8 Å². The highest BCUT2D eigenvalue weighted by Crippen LogP contribution is 2.19. The monoisotopic (exact) mass is 252 g/mol. The zero-order valence-electron chi connectivity index (χ0n) is 10.5. The molecule has 0 spiro atoms. The van der Waals surface area contributed by atoms with Crippen molar-refractivity contribution in [2.24, 2.45) is 0 Å². The molecule has 0 atom stereocenters. The van der Waals surface area contributed by atoms with Gasteiger partial charge in [0.25, 0.3) is 0 Å². The Morgan fingerprint density at radius 1 is 1.35 bits per heavy atom. The summed E-state index contributed by atoms with van der Waals surface area (Å²) in [5.41, 5.74) is 2.70. The lowest BCUT2D eigenvalue weighted by atomic mass is 10.1. The molecule has 17 heavy (non-hydrogen) atoms. The molecule has 0 heterocycles. The van der Waals surface area contributed by atoms with Gasteiger partial charge in [0.2, 0.25) is 0 Å². The second kappa shape index (κ2) is 7.38. The van der Waals surface area contributed by atoms with Crippen molar-refractivity contribution >= 4 is 17.7 Å². The number of aryl methyl sites for hydroxylation is 1. The molecular formula is C14H20O2S. The zero-order valence-corrected chi connectivity index (χ0v) is 11.3. The van der Waals surface area contributed by atoms with Crippen LogP contribution in [0.25, 0.3) is 0 Å². The standard InChI is InChI=1S/C14H20O2S/c1-3-4-5-8-17-10-13-7-6-12(14(15)16)9-11(13)2/h6-7,9H,3-5,8,10H2,1-2H3,(H,15,16). The fraction of sp³-hybridized carbons (Fsp3) is 0.500. The predicted octanol–water partition coefficient (Wildman–Crippen LogP) is 4.12. The second-order valence-corrected chi connectivity index (χ2v) is 5.31. The van der Waals surface area contributed by atoms with Crippen LogP contribution < -0.4 is 0 Å². The first kappa shape index (κ1) is 14.1. The van der Waals surface area contributed by atoms with Crippen LogP contribution in [-0.2, 0) is 5.75 Å². The molecule has 94 valence electrons. The van der Waals surface area contributed by atoms with Crippen LogP contribution in [-0.4, -0.2) is 16.8 Å². The van der Waals surface area contributed by atoms with Gasteiger partial charge < -0.3 is 5.11 Å². The molecule has 2 nitrogen and oxygen atoms in total. The molecule has 0 unspecified atom stereocenters. The van der Waals surface area contributed by atoms with E-state index in [1.54, 1.807) is 12.1 Å². The quantitative estimate of drug-likeness (QED) is 0.742. The molecule has 0 amide bonds. The van der Waals surface area contributed by atoms with Crippen molar-refractivity contribution in [2.75, 3.05) is 5.75 Å². The number of carboxylic acid groups (broad SMARTS) is 1. The summed E-state index contributed by atoms with van der Waals surface area (Å²) in [4.78, 5) is 10.8. The van der Waals surface area contributed by atoms with Gasteiger partial charge in [-0.1, -0.05) is 25.8 Å². The Labute approximate surface area is 107 Å². The molecule has 1 rings (SSSR count). The van der Waals surface area contributed by atoms with Crippen LogP contribution in [0.5, 0.6) is 0 Å². The van der Waals surface area contributed by atoms with E-state index in [0.717, 1.165) is 11.3 Å². The van der Waals surface area contributed by atoms with Crippen molar-refractivity contribution in [2.45, 2.75) is 38.9 Å². The molecule has 0 radical (unpaired) electrons. The second-order valence-electron chi connectivity index (χ2n) is 4.21. The highest BCUT2D eigenvalue weighted by molar-refractivity contribution is 7.98. The van der Waals surface area contributed by atoms with E-state index in [-0.39, 0.29) is 0 Å². The summed E-state index contributed by atoms with van der Waals surface area (Å²) in [6.07, 6.45) is 3.82. The third-order valence-corrected chi connectivity index (χ3v) is 3.83. The average Bonchev–Trinajstić information content (AvgIpc) is 2.30. The van der Waals surface area contributed by atoms with E-state index >= 15 is 0 Å². The van der Waals surface area contributed by atoms with Gasteiger partial charge in [0.05, 0.1) is 5.56 Å². The molecule has 0 aromatic heterocycles. The van der Waals surface area contributed by atoms with Crippen LogP contribution in [0.4, 0.5) is 0 Å². The number of benzene rings is 1. The van der Waals surface area contributed by atoms with Crippen LogP contribution in [0.15, 0.2) is 18.2 Å². The number of hydrogen-bond acceptors (Lipinski definition) is 2. The summed E-state index contributed by atoms with van der Waals surface area (Å²) in [6, 6.07) is 5.38. The number of carboxylic acids is 1. The van der Waals surface area contributed by atoms with E-state index in [1.807, 2.05) is 24.8 Å². The Balaban J connectivity index is 2.46. The van der Waals surface area contributed by atoms with Gasteiger partial charge in [-0.25, -0.2) is 4.79 Å². The summed E-state index contributed by atoms with van der Waals surface area (Å²) in [6.45, 7) is 4.19. The first-order valence-corrected chi connectivity index (χ1v) is 7.21. The largest absolute Gasteiger partial charge is 0.478 e. The highest BCUT2D eigenvalue weighted by Gasteiger charge is 2.05. The molecule has 1 aromatic rings. The molecule has 0 saturated carbocycles. The molecule has 0 aliphatic carbocycles. The van der Waals surface area contributed by atoms with E-state index in [2.05, 4.69) is 6.92 Å². The van der Waals surface area contributed by atoms with Crippen molar-refractivity contribution < 1.29 is 9.90 Å². The minimum Gasteiger partial charge on any atom is -0.478 e. The number of hydrogen-bond donors (Lipinski definition) is 1. The van der Waals surface area contributed by atoms with Crippen molar-refractivity contribution in [1.29, 1.82) is 0 Å². The average molecular weight is 252 g/mol. The van der Waals surface area contributed by atoms with Gasteiger partial charge in [-0.3, -0.25) is 0 Å². The number of aromatic carboxylic acids is 1. The lowest BCUT2D eigenvalue weighted by Gasteiger charge is -2.06. The van der Waals surface area contributed by atoms with Crippen molar-refractivity contribution in [3.63, 3.8) is 0 Å². The summed E-state index contributed by atoms with van der Waals surface area (Å²) >= 11 is 1.93. The normalized spacial score (nSPS) is 10.5. The van der Waals surface area contributed by atoms with Gasteiger partial charge in [0.1, 0.15) is 0 Å². The topological polar surface area (TPSA) is 37.3 Å². The first-order valence-electron chi connectivity index (χ1n) is 6.05. The summed E-state index contributed by atoms with van der Waals surface area (Å²) in [5, 5.41) is 8.87. The fourth-order valence-electron chi connectivity index (χ4n) is 1.63. The van der Waals surface area contributed by atoms with E-state index in [4.69, 9.17) is 5.11 Å². The Kier molecular flexibility index (Phi) is 6.12. The van der Waals surface area contributed by atoms with Crippen LogP contribution in [0, 0.1) is 6.92 Å². The zero-order chi connectivity index (χ0) is 12.7. The third-order valence-electron chi connectivity index (χ3n) is 2.74. The van der Waals surface area contributed by atoms with E-state index in [9.17, 15) is 4.79 Å². The Morgan fingerprint density at radius 2 is 2.12 bits per heavy atom. The van der Waals surface area contributed by atoms with Gasteiger partial charge in [0.15, 0.2) is 0 Å². The third kappa shape index (κ3) is 4.82. The lowest BCUT2D eigenvalue weighted by molar-refractivity contribution is 0.0697. The van der Waals surface area contributed by atoms with Gasteiger partial charge >= 0.3 is 5.97 Å². The summed E-state index contributed by atoms with van der Waals surface area (Å²) in [5.74, 6) is 1.32. The number of rotatable bonds is 7. The highest BCUT2D eigenvalue weighted by atomic mass is 32.2. The minimum atomic E-state index is -0.852. The maximum atomic E-state index is 10.8. The van der Waals surface area contributed by atoms with Gasteiger partial charge in [0, 0.05) is 5.75 Å². The Hall–Kier alpha value is -0.960. The van der Waals surface area contributed by atoms with Crippen LogP contribution in [0.1, 0.15) is 47.7 Å². The molecule has 0 aliphatic rings. The Bertz CT molecular complexity index is 374. The van der Waals surface area contributed by atoms with Crippen LogP contribution in [0.2, 0.25) is 0 Å². The maximum Gasteiger partial charge on any atom is 0.335 e. The molecule has 0 saturated heterocycles. The molecule has 3 heteroatoms. The van der Waals surface area contributed by atoms with E-state index < -0.39 is 5.97 Å². The molecule has 0 aliphatic heterocycles. The number of carbonyl (C=O) groups is 1. The van der Waals surface area contributed by atoms with Gasteiger partial charge in [-0.15, -0.1) is 0 Å². The lowest BCUT2D eigenvalue weighted by Crippen LogP contribution is -1.98. The van der Waals surface area contributed by atoms with Crippen LogP contribution in [0.3, 0.4) is 0 Å². The molecule has 0 fully saturated rings. The van der Waals surface area contributed by atoms with E-state index in [1.165, 1.54) is 30.6 Å². The molecule has 1 aromatic carbocycles. The van der Waals surface area contributed by atoms with Crippen molar-refractivity contribution in [1.82, 2.24) is 0 Å². The molecule has 1 N–H and O–H groups in total. The van der Waals surface area contributed by atoms with Crippen molar-refractivity contribution in [3.05, 3.63) is 34.9 Å². The minimum absolute atomic E-state index is 0.377. The van der Waals surface area contributed by atoms with E-state index in [0.29, 0.717) is 5.56 Å². The SMILES string of the molecule is CCCCCSCc1ccc(C(=O)O)cc1C. The molecular weight excluding hydrogens is 232 g/mol. The summed E-state index contributed by atoms with van der Waals surface area (Å²) in [7, 11) is 0. The summed E-state index contributed by atoms with van der Waals surface area (Å²) < 4.78 is 0. The number of unbranched alkanes of at least 4 members (excludes halogenated alkanes) is 2. The smallest absolute Gasteiger partial charge is 0.335 e. The Morgan fingerprint density at radius 3 is 2.71 bits per heavy atom. The van der Waals surface area contributed by atoms with Gasteiger partial charge in [-0.05, 0) is 42.4 Å². The van der Waals surface area contributed by atoms with Crippen molar-refractivity contribution in [3.8, 4) is 0 Å². The predicted molar refractivity (Wildman–Crippen MR) is 73.8 cm³/mol. The molecule has 0 bridgehead atoms. The fourth-order valence-corrected chi connectivity index (χ4v) is 2.72. The number of thioether (sulfide) groups is 1. The maximum absolute atomic E-state index is 10.8. The van der Waals surface area contributed by atoms with Crippen LogP contribution >= 0.6 is 11.8 Å².